The van der Waals surface area contributed by atoms with Crippen molar-refractivity contribution < 1.29 is 14.7 Å². The molecule has 20 heavy (non-hydrogen) atoms. The summed E-state index contributed by atoms with van der Waals surface area (Å²) < 4.78 is 0.765. The SMILES string of the molecule is O=C(O)C1CCCC(C(=O)Nc2ccc(Br)c(Cl)c2)C1. The molecule has 2 atom stereocenters. The number of aliphatic carboxylic acids is 1. The lowest BCUT2D eigenvalue weighted by atomic mass is 9.81. The Kier molecular flexibility index (Phi) is 5.05. The number of carbonyl (C=O) groups is 2. The summed E-state index contributed by atoms with van der Waals surface area (Å²) in [6, 6.07) is 5.19. The number of carbonyl (C=O) groups excluding carboxylic acids is 1. The fourth-order valence-corrected chi connectivity index (χ4v) is 2.90. The normalized spacial score (nSPS) is 22.3. The maximum absolute atomic E-state index is 12.2. The Bertz CT molecular complexity index is 535. The summed E-state index contributed by atoms with van der Waals surface area (Å²) in [4.78, 5) is 23.2. The van der Waals surface area contributed by atoms with E-state index < -0.39 is 11.9 Å². The Morgan fingerprint density at radius 3 is 2.65 bits per heavy atom. The monoisotopic (exact) mass is 359 g/mol. The number of carboxylic acids is 1. The summed E-state index contributed by atoms with van der Waals surface area (Å²) >= 11 is 9.26. The molecule has 1 amide bonds. The molecule has 4 nitrogen and oxygen atoms in total. The van der Waals surface area contributed by atoms with Gasteiger partial charge in [-0.15, -0.1) is 0 Å². The predicted molar refractivity (Wildman–Crippen MR) is 80.9 cm³/mol. The second kappa shape index (κ2) is 6.59. The van der Waals surface area contributed by atoms with E-state index in [9.17, 15) is 9.59 Å². The zero-order chi connectivity index (χ0) is 14.7. The van der Waals surface area contributed by atoms with Crippen molar-refractivity contribution in [3.8, 4) is 0 Å². The number of halogens is 2. The first-order valence-electron chi connectivity index (χ1n) is 6.46. The quantitative estimate of drug-likeness (QED) is 0.858. The van der Waals surface area contributed by atoms with Crippen LogP contribution in [0.25, 0.3) is 0 Å². The van der Waals surface area contributed by atoms with Crippen molar-refractivity contribution in [1.29, 1.82) is 0 Å². The second-order valence-electron chi connectivity index (χ2n) is 5.02. The van der Waals surface area contributed by atoms with Crippen molar-refractivity contribution in [1.82, 2.24) is 0 Å². The summed E-state index contributed by atoms with van der Waals surface area (Å²) in [5, 5.41) is 12.4. The first kappa shape index (κ1) is 15.3. The smallest absolute Gasteiger partial charge is 0.306 e. The molecule has 1 aromatic rings. The van der Waals surface area contributed by atoms with Gasteiger partial charge in [-0.05, 0) is 53.4 Å². The molecule has 6 heteroatoms. The van der Waals surface area contributed by atoms with E-state index >= 15 is 0 Å². The molecule has 0 heterocycles. The molecule has 2 rings (SSSR count). The van der Waals surface area contributed by atoms with Gasteiger partial charge in [-0.2, -0.15) is 0 Å². The predicted octanol–water partition coefficient (Wildman–Crippen LogP) is 3.93. The Morgan fingerprint density at radius 2 is 2.00 bits per heavy atom. The van der Waals surface area contributed by atoms with Crippen LogP contribution in [-0.4, -0.2) is 17.0 Å². The molecule has 2 N–H and O–H groups in total. The van der Waals surface area contributed by atoms with E-state index in [1.54, 1.807) is 18.2 Å². The molecule has 1 aliphatic carbocycles. The highest BCUT2D eigenvalue weighted by atomic mass is 79.9. The average molecular weight is 361 g/mol. The van der Waals surface area contributed by atoms with Crippen LogP contribution in [0.3, 0.4) is 0 Å². The second-order valence-corrected chi connectivity index (χ2v) is 6.28. The van der Waals surface area contributed by atoms with Crippen molar-refractivity contribution in [3.05, 3.63) is 27.7 Å². The molecule has 2 unspecified atom stereocenters. The van der Waals surface area contributed by atoms with Gasteiger partial charge in [0.15, 0.2) is 0 Å². The highest BCUT2D eigenvalue weighted by molar-refractivity contribution is 9.10. The van der Waals surface area contributed by atoms with Gasteiger partial charge >= 0.3 is 5.97 Å². The Morgan fingerprint density at radius 1 is 1.30 bits per heavy atom. The van der Waals surface area contributed by atoms with Gasteiger partial charge in [0.25, 0.3) is 0 Å². The zero-order valence-corrected chi connectivity index (χ0v) is 13.1. The molecule has 1 saturated carbocycles. The highest BCUT2D eigenvalue weighted by Crippen LogP contribution is 2.31. The Labute approximate surface area is 130 Å². The van der Waals surface area contributed by atoms with Crippen molar-refractivity contribution in [2.24, 2.45) is 11.8 Å². The third-order valence-corrected chi connectivity index (χ3v) is 4.81. The zero-order valence-electron chi connectivity index (χ0n) is 10.7. The van der Waals surface area contributed by atoms with Gasteiger partial charge in [0, 0.05) is 16.1 Å². The topological polar surface area (TPSA) is 66.4 Å². The van der Waals surface area contributed by atoms with E-state index in [4.69, 9.17) is 16.7 Å². The molecule has 1 fully saturated rings. The number of nitrogens with one attached hydrogen (secondary N) is 1. The number of hydrogen-bond donors (Lipinski definition) is 2. The van der Waals surface area contributed by atoms with Crippen molar-refractivity contribution >= 4 is 45.1 Å². The molecule has 0 radical (unpaired) electrons. The molecular weight excluding hydrogens is 346 g/mol. The minimum absolute atomic E-state index is 0.130. The Balaban J connectivity index is 2.00. The summed E-state index contributed by atoms with van der Waals surface area (Å²) in [6.45, 7) is 0. The number of hydrogen-bond acceptors (Lipinski definition) is 2. The molecular formula is C14H15BrClNO3. The first-order valence-corrected chi connectivity index (χ1v) is 7.63. The van der Waals surface area contributed by atoms with Gasteiger partial charge in [-0.25, -0.2) is 0 Å². The summed E-state index contributed by atoms with van der Waals surface area (Å²) in [7, 11) is 0. The molecule has 1 aromatic carbocycles. The van der Waals surface area contributed by atoms with Crippen molar-refractivity contribution in [2.45, 2.75) is 25.7 Å². The molecule has 0 aromatic heterocycles. The largest absolute Gasteiger partial charge is 0.481 e. The number of benzene rings is 1. The Hall–Kier alpha value is -1.07. The minimum atomic E-state index is -0.811. The molecule has 0 spiro atoms. The lowest BCUT2D eigenvalue weighted by Gasteiger charge is -2.25. The van der Waals surface area contributed by atoms with Crippen LogP contribution in [-0.2, 0) is 9.59 Å². The average Bonchev–Trinajstić information content (AvgIpc) is 2.43. The van der Waals surface area contributed by atoms with E-state index in [1.165, 1.54) is 0 Å². The third-order valence-electron chi connectivity index (χ3n) is 3.58. The summed E-state index contributed by atoms with van der Waals surface area (Å²) in [5.74, 6) is -1.59. The molecule has 0 bridgehead atoms. The number of amides is 1. The first-order chi connectivity index (χ1) is 9.47. The maximum atomic E-state index is 12.2. The standard InChI is InChI=1S/C14H15BrClNO3/c15-11-5-4-10(7-12(11)16)17-13(18)8-2-1-3-9(6-8)14(19)20/h4-5,7-9H,1-3,6H2,(H,17,18)(H,19,20). The van der Waals surface area contributed by atoms with E-state index in [0.29, 0.717) is 23.6 Å². The van der Waals surface area contributed by atoms with Crippen LogP contribution < -0.4 is 5.32 Å². The van der Waals surface area contributed by atoms with Gasteiger partial charge < -0.3 is 10.4 Å². The minimum Gasteiger partial charge on any atom is -0.481 e. The molecule has 108 valence electrons. The molecule has 0 saturated heterocycles. The van der Waals surface area contributed by atoms with Crippen LogP contribution in [0.15, 0.2) is 22.7 Å². The third kappa shape index (κ3) is 3.73. The lowest BCUT2D eigenvalue weighted by Crippen LogP contribution is -2.30. The number of rotatable bonds is 3. The van der Waals surface area contributed by atoms with E-state index in [-0.39, 0.29) is 11.8 Å². The van der Waals surface area contributed by atoms with Crippen LogP contribution in [0.1, 0.15) is 25.7 Å². The summed E-state index contributed by atoms with van der Waals surface area (Å²) in [5.41, 5.74) is 0.626. The van der Waals surface area contributed by atoms with Crippen molar-refractivity contribution in [2.75, 3.05) is 5.32 Å². The fourth-order valence-electron chi connectivity index (χ4n) is 2.47. The van der Waals surface area contributed by atoms with Gasteiger partial charge in [0.2, 0.25) is 5.91 Å². The van der Waals surface area contributed by atoms with Gasteiger partial charge in [-0.3, -0.25) is 9.59 Å². The van der Waals surface area contributed by atoms with Crippen LogP contribution in [0.5, 0.6) is 0 Å². The van der Waals surface area contributed by atoms with Gasteiger partial charge in [0.1, 0.15) is 0 Å². The van der Waals surface area contributed by atoms with E-state index in [0.717, 1.165) is 17.3 Å². The van der Waals surface area contributed by atoms with Crippen LogP contribution in [0, 0.1) is 11.8 Å². The van der Waals surface area contributed by atoms with Crippen molar-refractivity contribution in [3.63, 3.8) is 0 Å². The van der Waals surface area contributed by atoms with Gasteiger partial charge in [0.05, 0.1) is 10.9 Å². The fraction of sp³-hybridized carbons (Fsp3) is 0.429. The molecule has 0 aliphatic heterocycles. The summed E-state index contributed by atoms with van der Waals surface area (Å²) in [6.07, 6.45) is 2.57. The van der Waals surface area contributed by atoms with Crippen LogP contribution >= 0.6 is 27.5 Å². The van der Waals surface area contributed by atoms with E-state index in [1.807, 2.05) is 0 Å². The van der Waals surface area contributed by atoms with Crippen LogP contribution in [0.2, 0.25) is 5.02 Å². The highest BCUT2D eigenvalue weighted by Gasteiger charge is 2.31. The maximum Gasteiger partial charge on any atom is 0.306 e. The van der Waals surface area contributed by atoms with Crippen LogP contribution in [0.4, 0.5) is 5.69 Å². The van der Waals surface area contributed by atoms with Gasteiger partial charge in [-0.1, -0.05) is 18.0 Å². The van der Waals surface area contributed by atoms with E-state index in [2.05, 4.69) is 21.2 Å². The lowest BCUT2D eigenvalue weighted by molar-refractivity contribution is -0.143. The number of carboxylic acid groups (broad SMARTS) is 1. The number of anilines is 1. The molecule has 1 aliphatic rings.